The minimum atomic E-state index is -3.66. The molecule has 0 aliphatic heterocycles. The lowest BCUT2D eigenvalue weighted by molar-refractivity contribution is 0.601. The maximum Gasteiger partial charge on any atom is 0.263 e. The maximum atomic E-state index is 12.3. The van der Waals surface area contributed by atoms with Crippen LogP contribution in [0, 0.1) is 0 Å². The van der Waals surface area contributed by atoms with E-state index in [2.05, 4.69) is 14.7 Å². The Morgan fingerprint density at radius 3 is 2.50 bits per heavy atom. The molecule has 0 saturated heterocycles. The average Bonchev–Trinajstić information content (AvgIpc) is 2.47. The van der Waals surface area contributed by atoms with Crippen molar-refractivity contribution in [3.8, 4) is 0 Å². The molecular weight excluding hydrogens is 274 g/mol. The van der Waals surface area contributed by atoms with Gasteiger partial charge in [0.25, 0.3) is 10.0 Å². The highest BCUT2D eigenvalue weighted by molar-refractivity contribution is 7.92. The van der Waals surface area contributed by atoms with E-state index < -0.39 is 10.0 Å². The van der Waals surface area contributed by atoms with Crippen LogP contribution in [0.15, 0.2) is 66.0 Å². The van der Waals surface area contributed by atoms with E-state index >= 15 is 0 Å². The Morgan fingerprint density at radius 2 is 1.75 bits per heavy atom. The van der Waals surface area contributed by atoms with E-state index in [1.807, 2.05) is 24.3 Å². The predicted molar refractivity (Wildman–Crippen MR) is 76.8 cm³/mol. The molecule has 3 rings (SSSR count). The summed E-state index contributed by atoms with van der Waals surface area (Å²) in [4.78, 5) is 7.92. The van der Waals surface area contributed by atoms with Gasteiger partial charge in [-0.25, -0.2) is 13.4 Å². The van der Waals surface area contributed by atoms with Crippen LogP contribution in [0.1, 0.15) is 0 Å². The number of nitrogens with one attached hydrogen (secondary N) is 1. The van der Waals surface area contributed by atoms with Gasteiger partial charge < -0.3 is 0 Å². The zero-order valence-corrected chi connectivity index (χ0v) is 11.2. The van der Waals surface area contributed by atoms with Gasteiger partial charge in [-0.1, -0.05) is 30.3 Å². The molecule has 0 bridgehead atoms. The van der Waals surface area contributed by atoms with Crippen LogP contribution >= 0.6 is 0 Å². The third kappa shape index (κ3) is 2.46. The third-order valence-electron chi connectivity index (χ3n) is 2.83. The van der Waals surface area contributed by atoms with Crippen LogP contribution in [0.3, 0.4) is 0 Å². The van der Waals surface area contributed by atoms with Crippen molar-refractivity contribution < 1.29 is 8.42 Å². The Hall–Kier alpha value is -2.47. The van der Waals surface area contributed by atoms with E-state index in [1.54, 1.807) is 18.2 Å². The number of hydrogen-bond donors (Lipinski definition) is 1. The Bertz CT molecular complexity index is 848. The molecule has 0 amide bonds. The van der Waals surface area contributed by atoms with Gasteiger partial charge in [-0.05, 0) is 22.9 Å². The number of anilines is 1. The average molecular weight is 285 g/mol. The molecular formula is C14H11N3O2S. The minimum Gasteiger partial charge on any atom is -0.262 e. The molecule has 6 heteroatoms. The molecule has 20 heavy (non-hydrogen) atoms. The van der Waals surface area contributed by atoms with E-state index in [1.165, 1.54) is 18.6 Å². The van der Waals surface area contributed by atoms with Gasteiger partial charge >= 0.3 is 0 Å². The summed E-state index contributed by atoms with van der Waals surface area (Å²) in [6.45, 7) is 0. The molecule has 0 radical (unpaired) electrons. The van der Waals surface area contributed by atoms with Gasteiger partial charge in [0.2, 0.25) is 0 Å². The summed E-state index contributed by atoms with van der Waals surface area (Å²) in [5.41, 5.74) is 0. The lowest BCUT2D eigenvalue weighted by Gasteiger charge is -2.07. The van der Waals surface area contributed by atoms with Gasteiger partial charge in [0, 0.05) is 12.4 Å². The number of aromatic nitrogens is 2. The standard InChI is InChI=1S/C14H11N3O2S/c18-20(19,17-14-10-15-7-8-16-14)13-6-5-11-3-1-2-4-12(11)9-13/h1-10H,(H,16,17). The first-order chi connectivity index (χ1) is 9.65. The van der Waals surface area contributed by atoms with E-state index in [-0.39, 0.29) is 10.7 Å². The molecule has 2 aromatic carbocycles. The highest BCUT2D eigenvalue weighted by Gasteiger charge is 2.15. The first kappa shape index (κ1) is 12.6. The van der Waals surface area contributed by atoms with Crippen LogP contribution in [0.5, 0.6) is 0 Å². The number of rotatable bonds is 3. The lowest BCUT2D eigenvalue weighted by atomic mass is 10.1. The summed E-state index contributed by atoms with van der Waals surface area (Å²) in [7, 11) is -3.66. The lowest BCUT2D eigenvalue weighted by Crippen LogP contribution is -2.13. The molecule has 1 heterocycles. The van der Waals surface area contributed by atoms with Crippen molar-refractivity contribution in [2.45, 2.75) is 4.90 Å². The third-order valence-corrected chi connectivity index (χ3v) is 4.19. The van der Waals surface area contributed by atoms with Gasteiger partial charge in [0.05, 0.1) is 11.1 Å². The summed E-state index contributed by atoms with van der Waals surface area (Å²) in [6, 6.07) is 12.6. The molecule has 3 aromatic rings. The SMILES string of the molecule is O=S(=O)(Nc1cnccn1)c1ccc2ccccc2c1. The van der Waals surface area contributed by atoms with Crippen LogP contribution < -0.4 is 4.72 Å². The molecule has 0 spiro atoms. The normalized spacial score (nSPS) is 11.4. The second-order valence-electron chi connectivity index (χ2n) is 4.21. The number of benzene rings is 2. The van der Waals surface area contributed by atoms with Crippen LogP contribution in [0.2, 0.25) is 0 Å². The molecule has 5 nitrogen and oxygen atoms in total. The molecule has 1 aromatic heterocycles. The Kier molecular flexibility index (Phi) is 3.08. The largest absolute Gasteiger partial charge is 0.263 e. The first-order valence-corrected chi connectivity index (χ1v) is 7.41. The Labute approximate surface area is 116 Å². The summed E-state index contributed by atoms with van der Waals surface area (Å²) in [6.07, 6.45) is 4.27. The quantitative estimate of drug-likeness (QED) is 0.802. The van der Waals surface area contributed by atoms with Gasteiger partial charge in [-0.2, -0.15) is 0 Å². The molecule has 0 unspecified atom stereocenters. The fraction of sp³-hybridized carbons (Fsp3) is 0. The zero-order valence-electron chi connectivity index (χ0n) is 10.4. The molecule has 0 atom stereocenters. The Morgan fingerprint density at radius 1 is 0.950 bits per heavy atom. The maximum absolute atomic E-state index is 12.3. The minimum absolute atomic E-state index is 0.195. The highest BCUT2D eigenvalue weighted by Crippen LogP contribution is 2.20. The van der Waals surface area contributed by atoms with Crippen molar-refractivity contribution in [1.29, 1.82) is 0 Å². The summed E-state index contributed by atoms with van der Waals surface area (Å²) < 4.78 is 26.9. The molecule has 0 aliphatic carbocycles. The van der Waals surface area contributed by atoms with E-state index in [0.717, 1.165) is 10.8 Å². The first-order valence-electron chi connectivity index (χ1n) is 5.93. The molecule has 0 aliphatic rings. The molecule has 0 saturated carbocycles. The van der Waals surface area contributed by atoms with Crippen molar-refractivity contribution in [3.63, 3.8) is 0 Å². The number of fused-ring (bicyclic) bond motifs is 1. The Balaban J connectivity index is 2.01. The number of sulfonamides is 1. The summed E-state index contributed by atoms with van der Waals surface area (Å²) >= 11 is 0. The zero-order chi connectivity index (χ0) is 14.0. The van der Waals surface area contributed by atoms with Crippen LogP contribution in [-0.2, 0) is 10.0 Å². The summed E-state index contributed by atoms with van der Waals surface area (Å²) in [5, 5.41) is 1.86. The van der Waals surface area contributed by atoms with E-state index in [0.29, 0.717) is 0 Å². The second kappa shape index (κ2) is 4.90. The van der Waals surface area contributed by atoms with Crippen molar-refractivity contribution >= 4 is 26.6 Å². The van der Waals surface area contributed by atoms with Crippen molar-refractivity contribution in [1.82, 2.24) is 9.97 Å². The number of hydrogen-bond acceptors (Lipinski definition) is 4. The fourth-order valence-corrected chi connectivity index (χ4v) is 2.91. The van der Waals surface area contributed by atoms with E-state index in [4.69, 9.17) is 0 Å². The summed E-state index contributed by atoms with van der Waals surface area (Å²) in [5.74, 6) is 0.195. The van der Waals surface area contributed by atoms with Crippen LogP contribution in [-0.4, -0.2) is 18.4 Å². The van der Waals surface area contributed by atoms with Crippen LogP contribution in [0.4, 0.5) is 5.82 Å². The van der Waals surface area contributed by atoms with Crippen molar-refractivity contribution in [2.24, 2.45) is 0 Å². The topological polar surface area (TPSA) is 72.0 Å². The second-order valence-corrected chi connectivity index (χ2v) is 5.89. The van der Waals surface area contributed by atoms with Gasteiger partial charge in [0.15, 0.2) is 5.82 Å². The fourth-order valence-electron chi connectivity index (χ4n) is 1.88. The monoisotopic (exact) mass is 285 g/mol. The van der Waals surface area contributed by atoms with Crippen molar-refractivity contribution in [3.05, 3.63) is 61.1 Å². The molecule has 1 N–H and O–H groups in total. The van der Waals surface area contributed by atoms with Crippen LogP contribution in [0.25, 0.3) is 10.8 Å². The van der Waals surface area contributed by atoms with E-state index in [9.17, 15) is 8.42 Å². The smallest absolute Gasteiger partial charge is 0.262 e. The predicted octanol–water partition coefficient (Wildman–Crippen LogP) is 2.43. The molecule has 0 fully saturated rings. The van der Waals surface area contributed by atoms with Gasteiger partial charge in [-0.15, -0.1) is 0 Å². The number of nitrogens with zero attached hydrogens (tertiary/aromatic N) is 2. The molecule has 100 valence electrons. The van der Waals surface area contributed by atoms with Gasteiger partial charge in [-0.3, -0.25) is 9.71 Å². The van der Waals surface area contributed by atoms with Crippen molar-refractivity contribution in [2.75, 3.05) is 4.72 Å². The highest BCUT2D eigenvalue weighted by atomic mass is 32.2. The van der Waals surface area contributed by atoms with Gasteiger partial charge in [0.1, 0.15) is 0 Å².